The summed E-state index contributed by atoms with van der Waals surface area (Å²) in [6, 6.07) is 0. The van der Waals surface area contributed by atoms with Crippen LogP contribution in [0.1, 0.15) is 51.9 Å². The van der Waals surface area contributed by atoms with E-state index in [-0.39, 0.29) is 17.6 Å². The Morgan fingerprint density at radius 3 is 2.42 bits per heavy atom. The van der Waals surface area contributed by atoms with Crippen molar-refractivity contribution in [3.8, 4) is 0 Å². The van der Waals surface area contributed by atoms with Crippen LogP contribution in [0.3, 0.4) is 0 Å². The molecule has 0 aliphatic rings. The van der Waals surface area contributed by atoms with Crippen LogP contribution in [-0.4, -0.2) is 34.1 Å². The van der Waals surface area contributed by atoms with Crippen molar-refractivity contribution in [2.24, 2.45) is 5.92 Å². The highest BCUT2D eigenvalue weighted by molar-refractivity contribution is 7.98. The summed E-state index contributed by atoms with van der Waals surface area (Å²) in [5.74, 6) is 0.646. The molecule has 0 heterocycles. The van der Waals surface area contributed by atoms with Gasteiger partial charge in [0.1, 0.15) is 5.78 Å². The number of thioether (sulfide) groups is 1. The Bertz CT molecular complexity index is 269. The van der Waals surface area contributed by atoms with Gasteiger partial charge in [-0.3, -0.25) is 9.59 Å². The number of unbranched alkanes of at least 4 members (excludes halogenated alkanes) is 1. The van der Waals surface area contributed by atoms with Crippen LogP contribution >= 0.6 is 24.4 Å². The van der Waals surface area contributed by atoms with Gasteiger partial charge in [0, 0.05) is 24.0 Å². The molecule has 0 spiro atoms. The zero-order chi connectivity index (χ0) is 14.7. The second-order valence-corrected chi connectivity index (χ2v) is 6.70. The van der Waals surface area contributed by atoms with E-state index in [1.54, 1.807) is 11.8 Å². The van der Waals surface area contributed by atoms with Crippen molar-refractivity contribution in [3.63, 3.8) is 0 Å². The van der Waals surface area contributed by atoms with Crippen molar-refractivity contribution >= 4 is 36.1 Å². The smallest absolute Gasteiger partial charge is 0.303 e. The SMILES string of the molecule is CSCCC(=O)C(C)CCC(S)CCCCC(=O)O. The van der Waals surface area contributed by atoms with Gasteiger partial charge in [0.15, 0.2) is 0 Å². The standard InChI is InChI=1S/C14H26O3S2/c1-11(13(15)9-10-19-2)7-8-12(18)5-3-4-6-14(16)17/h11-12,18H,3-10H2,1-2H3,(H,16,17). The van der Waals surface area contributed by atoms with Gasteiger partial charge in [0.2, 0.25) is 0 Å². The van der Waals surface area contributed by atoms with Crippen LogP contribution in [0.2, 0.25) is 0 Å². The van der Waals surface area contributed by atoms with Gasteiger partial charge in [-0.25, -0.2) is 0 Å². The largest absolute Gasteiger partial charge is 0.481 e. The third kappa shape index (κ3) is 11.4. The molecule has 3 nitrogen and oxygen atoms in total. The minimum Gasteiger partial charge on any atom is -0.481 e. The van der Waals surface area contributed by atoms with Crippen molar-refractivity contribution in [1.29, 1.82) is 0 Å². The van der Waals surface area contributed by atoms with E-state index in [1.807, 2.05) is 13.2 Å². The van der Waals surface area contributed by atoms with Crippen molar-refractivity contribution in [3.05, 3.63) is 0 Å². The highest BCUT2D eigenvalue weighted by Gasteiger charge is 2.14. The van der Waals surface area contributed by atoms with Gasteiger partial charge >= 0.3 is 5.97 Å². The summed E-state index contributed by atoms with van der Waals surface area (Å²) < 4.78 is 0. The quantitative estimate of drug-likeness (QED) is 0.427. The van der Waals surface area contributed by atoms with Crippen molar-refractivity contribution in [1.82, 2.24) is 0 Å². The van der Waals surface area contributed by atoms with Gasteiger partial charge in [-0.2, -0.15) is 24.4 Å². The van der Waals surface area contributed by atoms with Crippen LogP contribution in [0.25, 0.3) is 0 Å². The molecule has 0 radical (unpaired) electrons. The summed E-state index contributed by atoms with van der Waals surface area (Å²) in [6.07, 6.45) is 7.29. The molecule has 0 rings (SSSR count). The molecule has 0 aromatic carbocycles. The molecule has 0 fully saturated rings. The predicted molar refractivity (Wildman–Crippen MR) is 85.3 cm³/mol. The van der Waals surface area contributed by atoms with E-state index in [1.165, 1.54) is 0 Å². The highest BCUT2D eigenvalue weighted by Crippen LogP contribution is 2.19. The number of carboxylic acids is 1. The van der Waals surface area contributed by atoms with Crippen LogP contribution in [0, 0.1) is 5.92 Å². The normalized spacial score (nSPS) is 14.1. The Kier molecular flexibility index (Phi) is 11.6. The maximum atomic E-state index is 11.7. The Morgan fingerprint density at radius 2 is 1.84 bits per heavy atom. The number of Topliss-reactive ketones (excluding diaryl/α,β-unsaturated/α-hetero) is 1. The Labute approximate surface area is 126 Å². The summed E-state index contributed by atoms with van der Waals surface area (Å²) in [4.78, 5) is 22.1. The average molecular weight is 306 g/mol. The highest BCUT2D eigenvalue weighted by atomic mass is 32.2. The molecule has 0 saturated carbocycles. The number of thiol groups is 1. The zero-order valence-corrected chi connectivity index (χ0v) is 13.6. The molecule has 1 N–H and O–H groups in total. The zero-order valence-electron chi connectivity index (χ0n) is 11.9. The lowest BCUT2D eigenvalue weighted by molar-refractivity contribution is -0.137. The van der Waals surface area contributed by atoms with Crippen molar-refractivity contribution in [2.45, 2.75) is 57.1 Å². The molecule has 0 aromatic heterocycles. The lowest BCUT2D eigenvalue weighted by Gasteiger charge is -2.14. The van der Waals surface area contributed by atoms with Gasteiger partial charge in [0.05, 0.1) is 0 Å². The summed E-state index contributed by atoms with van der Waals surface area (Å²) in [5, 5.41) is 8.81. The topological polar surface area (TPSA) is 54.4 Å². The first-order valence-electron chi connectivity index (χ1n) is 6.88. The molecule has 2 atom stereocenters. The third-order valence-corrected chi connectivity index (χ3v) is 4.34. The maximum Gasteiger partial charge on any atom is 0.303 e. The van der Waals surface area contributed by atoms with Gasteiger partial charge in [-0.1, -0.05) is 13.3 Å². The number of carbonyl (C=O) groups is 2. The molecule has 0 aliphatic heterocycles. The van der Waals surface area contributed by atoms with E-state index in [2.05, 4.69) is 12.6 Å². The van der Waals surface area contributed by atoms with Crippen LogP contribution in [-0.2, 0) is 9.59 Å². The average Bonchev–Trinajstić information content (AvgIpc) is 2.37. The van der Waals surface area contributed by atoms with Gasteiger partial charge in [-0.15, -0.1) is 0 Å². The molecule has 19 heavy (non-hydrogen) atoms. The van der Waals surface area contributed by atoms with Crippen LogP contribution in [0.15, 0.2) is 0 Å². The molecule has 0 aliphatic carbocycles. The Hall–Kier alpha value is -0.160. The maximum absolute atomic E-state index is 11.7. The molecule has 5 heteroatoms. The molecule has 0 aromatic rings. The fourth-order valence-electron chi connectivity index (χ4n) is 1.85. The summed E-state index contributed by atoms with van der Waals surface area (Å²) in [5.41, 5.74) is 0. The number of rotatable bonds is 12. The van der Waals surface area contributed by atoms with Crippen LogP contribution < -0.4 is 0 Å². The Balaban J connectivity index is 3.62. The van der Waals surface area contributed by atoms with E-state index >= 15 is 0 Å². The van der Waals surface area contributed by atoms with Gasteiger partial charge < -0.3 is 5.11 Å². The number of hydrogen-bond acceptors (Lipinski definition) is 4. The molecular formula is C14H26O3S2. The molecular weight excluding hydrogens is 280 g/mol. The molecule has 0 saturated heterocycles. The van der Waals surface area contributed by atoms with Crippen LogP contribution in [0.5, 0.6) is 0 Å². The first kappa shape index (κ1) is 18.8. The molecule has 2 unspecified atom stereocenters. The third-order valence-electron chi connectivity index (χ3n) is 3.21. The number of hydrogen-bond donors (Lipinski definition) is 2. The van der Waals surface area contributed by atoms with E-state index < -0.39 is 5.97 Å². The fourth-order valence-corrected chi connectivity index (χ4v) is 2.59. The summed E-state index contributed by atoms with van der Waals surface area (Å²) >= 11 is 6.21. The van der Waals surface area contributed by atoms with Gasteiger partial charge in [-0.05, 0) is 37.7 Å². The van der Waals surface area contributed by atoms with Gasteiger partial charge in [0.25, 0.3) is 0 Å². The number of carboxylic acid groups (broad SMARTS) is 1. The molecule has 0 amide bonds. The van der Waals surface area contributed by atoms with E-state index in [0.29, 0.717) is 18.6 Å². The second kappa shape index (κ2) is 11.6. The van der Waals surface area contributed by atoms with E-state index in [4.69, 9.17) is 5.11 Å². The first-order valence-corrected chi connectivity index (χ1v) is 8.80. The minimum atomic E-state index is -0.733. The van der Waals surface area contributed by atoms with E-state index in [0.717, 1.165) is 31.4 Å². The minimum absolute atomic E-state index is 0.126. The molecule has 0 bridgehead atoms. The van der Waals surface area contributed by atoms with Crippen LogP contribution in [0.4, 0.5) is 0 Å². The predicted octanol–water partition coefficient (Wildman–Crippen LogP) is 3.67. The second-order valence-electron chi connectivity index (χ2n) is 4.98. The molecule has 112 valence electrons. The Morgan fingerprint density at radius 1 is 1.16 bits per heavy atom. The lowest BCUT2D eigenvalue weighted by Crippen LogP contribution is -2.13. The monoisotopic (exact) mass is 306 g/mol. The van der Waals surface area contributed by atoms with Crippen molar-refractivity contribution in [2.75, 3.05) is 12.0 Å². The number of ketones is 1. The van der Waals surface area contributed by atoms with E-state index in [9.17, 15) is 9.59 Å². The van der Waals surface area contributed by atoms with Crippen molar-refractivity contribution < 1.29 is 14.7 Å². The fraction of sp³-hybridized carbons (Fsp3) is 0.857. The lowest BCUT2D eigenvalue weighted by atomic mass is 9.96. The number of aliphatic carboxylic acids is 1. The first-order chi connectivity index (χ1) is 8.97. The summed E-state index contributed by atoms with van der Waals surface area (Å²) in [7, 11) is 0. The summed E-state index contributed by atoms with van der Waals surface area (Å²) in [6.45, 7) is 1.99. The number of carbonyl (C=O) groups excluding carboxylic acids is 1.